The number of esters is 1. The summed E-state index contributed by atoms with van der Waals surface area (Å²) < 4.78 is 59.2. The van der Waals surface area contributed by atoms with Gasteiger partial charge in [0.15, 0.2) is 6.29 Å². The van der Waals surface area contributed by atoms with Gasteiger partial charge in [0.05, 0.1) is 19.8 Å². The van der Waals surface area contributed by atoms with Crippen LogP contribution in [0.3, 0.4) is 0 Å². The van der Waals surface area contributed by atoms with E-state index in [0.717, 1.165) is 89.9 Å². The van der Waals surface area contributed by atoms with Crippen LogP contribution < -0.4 is 0 Å². The molecular formula is C57H92O12S. The van der Waals surface area contributed by atoms with Gasteiger partial charge in [-0.25, -0.2) is 4.18 Å². The van der Waals surface area contributed by atoms with Crippen LogP contribution in [0, 0.1) is 0 Å². The highest BCUT2D eigenvalue weighted by molar-refractivity contribution is 7.80. The monoisotopic (exact) mass is 1000 g/mol. The van der Waals surface area contributed by atoms with Crippen molar-refractivity contribution in [2.24, 2.45) is 0 Å². The third-order valence-corrected chi connectivity index (χ3v) is 11.6. The first kappa shape index (κ1) is 64.5. The molecule has 1 rings (SSSR count). The second-order valence-corrected chi connectivity index (χ2v) is 18.4. The van der Waals surface area contributed by atoms with Crippen LogP contribution in [0.4, 0.5) is 0 Å². The van der Waals surface area contributed by atoms with Gasteiger partial charge in [0, 0.05) is 13.0 Å². The SMILES string of the molecule is CC/C=C\C/C=C\C/C=C\C/C=C\C/C=C\C/C=C\CCC(=O)OC(COCCCCCCCCCCCCC/C=C\C/C=C\C/C=C\C/C=C\CC)COC1OC(CO)C(O)C(OS(=O)(=O)O)C1O. The Morgan fingerprint density at radius 3 is 1.37 bits per heavy atom. The zero-order chi connectivity index (χ0) is 51.0. The second kappa shape index (κ2) is 46.6. The molecule has 70 heavy (non-hydrogen) atoms. The van der Waals surface area contributed by atoms with E-state index in [0.29, 0.717) is 13.0 Å². The lowest BCUT2D eigenvalue weighted by Gasteiger charge is -2.41. The number of aliphatic hydroxyl groups excluding tert-OH is 3. The van der Waals surface area contributed by atoms with Gasteiger partial charge in [0.1, 0.15) is 30.5 Å². The largest absolute Gasteiger partial charge is 0.457 e. The van der Waals surface area contributed by atoms with E-state index in [2.05, 4.69) is 127 Å². The fourth-order valence-electron chi connectivity index (χ4n) is 7.22. The normalized spacial score (nSPS) is 20.1. The molecule has 0 amide bonds. The van der Waals surface area contributed by atoms with E-state index >= 15 is 0 Å². The smallest absolute Gasteiger partial charge is 0.397 e. The minimum atomic E-state index is -5.08. The molecule has 1 heterocycles. The lowest BCUT2D eigenvalue weighted by molar-refractivity contribution is -0.301. The Morgan fingerprint density at radius 2 is 0.943 bits per heavy atom. The molecule has 13 heteroatoms. The molecule has 0 saturated carbocycles. The third-order valence-electron chi connectivity index (χ3n) is 11.1. The standard InChI is InChI=1S/C57H92O12S/c1-3-5-7-9-11-13-15-17-19-21-23-24-25-26-27-29-31-33-35-37-39-41-43-45-47-65-49-51(50-66-57-55(61)56(69-70(62,63)64)54(60)52(48-58)68-57)67-53(59)46-44-42-40-38-36-34-32-30-28-22-20-18-16-14-12-10-8-6-4-2/h5-8,11-14,17-20,23-24,28,30,34,36,40,42,51-52,54-58,60-61H,3-4,9-10,15-16,21-22,25-27,29,31-33,35,37-39,41,43-50H2,1-2H3,(H,62,63,64)/b7-5-,8-6-,13-11-,14-12-,19-17-,20-18-,24-23-,30-28-,36-34-,42-40-. The minimum Gasteiger partial charge on any atom is -0.457 e. The van der Waals surface area contributed by atoms with Crippen LogP contribution in [-0.4, -0.2) is 97.5 Å². The Hall–Kier alpha value is -3.50. The van der Waals surface area contributed by atoms with Crippen LogP contribution in [0.2, 0.25) is 0 Å². The minimum absolute atomic E-state index is 0.00505. The average molecular weight is 1000 g/mol. The summed E-state index contributed by atoms with van der Waals surface area (Å²) in [5.74, 6) is -0.486. The Balaban J connectivity index is 2.40. The highest BCUT2D eigenvalue weighted by Crippen LogP contribution is 2.26. The lowest BCUT2D eigenvalue weighted by Crippen LogP contribution is -2.60. The molecule has 1 aliphatic rings. The Bertz CT molecular complexity index is 1670. The predicted octanol–water partition coefficient (Wildman–Crippen LogP) is 12.5. The van der Waals surface area contributed by atoms with Gasteiger partial charge in [-0.3, -0.25) is 9.35 Å². The summed E-state index contributed by atoms with van der Waals surface area (Å²) in [7, 11) is -5.08. The first-order chi connectivity index (χ1) is 34.1. The number of hydrogen-bond donors (Lipinski definition) is 4. The fourth-order valence-corrected chi connectivity index (χ4v) is 7.73. The molecular weight excluding hydrogens is 909 g/mol. The second-order valence-electron chi connectivity index (χ2n) is 17.3. The number of carbonyl (C=O) groups excluding carboxylic acids is 1. The van der Waals surface area contributed by atoms with E-state index in [9.17, 15) is 33.1 Å². The highest BCUT2D eigenvalue weighted by atomic mass is 32.3. The maximum Gasteiger partial charge on any atom is 0.397 e. The molecule has 1 aliphatic heterocycles. The van der Waals surface area contributed by atoms with Gasteiger partial charge in [0.2, 0.25) is 0 Å². The molecule has 0 aliphatic carbocycles. The van der Waals surface area contributed by atoms with Crippen LogP contribution >= 0.6 is 0 Å². The van der Waals surface area contributed by atoms with E-state index in [-0.39, 0.29) is 19.6 Å². The van der Waals surface area contributed by atoms with Gasteiger partial charge >= 0.3 is 16.4 Å². The predicted molar refractivity (Wildman–Crippen MR) is 284 cm³/mol. The maximum atomic E-state index is 12.9. The summed E-state index contributed by atoms with van der Waals surface area (Å²) in [6, 6.07) is 0. The number of aliphatic hydroxyl groups is 3. The first-order valence-corrected chi connectivity index (χ1v) is 27.7. The van der Waals surface area contributed by atoms with Crippen molar-refractivity contribution < 1.29 is 56.2 Å². The molecule has 4 N–H and O–H groups in total. The van der Waals surface area contributed by atoms with Crippen LogP contribution in [0.5, 0.6) is 0 Å². The topological polar surface area (TPSA) is 178 Å². The molecule has 0 radical (unpaired) electrons. The quantitative estimate of drug-likeness (QED) is 0.0197. The molecule has 6 atom stereocenters. The summed E-state index contributed by atoms with van der Waals surface area (Å²) >= 11 is 0. The number of carbonyl (C=O) groups is 1. The highest BCUT2D eigenvalue weighted by Gasteiger charge is 2.48. The van der Waals surface area contributed by atoms with E-state index in [1.165, 1.54) is 51.4 Å². The molecule has 0 aromatic heterocycles. The van der Waals surface area contributed by atoms with Gasteiger partial charge in [-0.05, 0) is 89.9 Å². The van der Waals surface area contributed by atoms with Crippen molar-refractivity contribution in [3.05, 3.63) is 122 Å². The molecule has 12 nitrogen and oxygen atoms in total. The van der Waals surface area contributed by atoms with Crippen LogP contribution in [0.1, 0.15) is 168 Å². The van der Waals surface area contributed by atoms with Crippen molar-refractivity contribution in [3.8, 4) is 0 Å². The van der Waals surface area contributed by atoms with E-state index < -0.39 is 59.8 Å². The van der Waals surface area contributed by atoms with Crippen LogP contribution in [0.15, 0.2) is 122 Å². The molecule has 0 aromatic rings. The van der Waals surface area contributed by atoms with Crippen molar-refractivity contribution in [2.45, 2.75) is 205 Å². The zero-order valence-electron chi connectivity index (χ0n) is 42.8. The van der Waals surface area contributed by atoms with Gasteiger partial charge in [0.25, 0.3) is 0 Å². The number of unbranched alkanes of at least 4 members (excludes halogenated alkanes) is 11. The summed E-state index contributed by atoms with van der Waals surface area (Å²) in [6.07, 6.45) is 58.2. The third kappa shape index (κ3) is 39.2. The zero-order valence-corrected chi connectivity index (χ0v) is 43.6. The maximum absolute atomic E-state index is 12.9. The molecule has 1 fully saturated rings. The molecule has 0 spiro atoms. The summed E-state index contributed by atoms with van der Waals surface area (Å²) in [5, 5.41) is 30.8. The van der Waals surface area contributed by atoms with E-state index in [1.54, 1.807) is 0 Å². The molecule has 0 aromatic carbocycles. The van der Waals surface area contributed by atoms with Crippen molar-refractivity contribution in [1.82, 2.24) is 0 Å². The lowest BCUT2D eigenvalue weighted by atomic mass is 9.99. The molecule has 6 unspecified atom stereocenters. The summed E-state index contributed by atoms with van der Waals surface area (Å²) in [5.41, 5.74) is 0. The van der Waals surface area contributed by atoms with Crippen LogP contribution in [-0.2, 0) is 38.3 Å². The number of allylic oxidation sites excluding steroid dienone is 20. The number of rotatable bonds is 44. The molecule has 398 valence electrons. The number of ether oxygens (including phenoxy) is 4. The van der Waals surface area contributed by atoms with Gasteiger partial charge in [-0.15, -0.1) is 0 Å². The average Bonchev–Trinajstić information content (AvgIpc) is 3.34. The summed E-state index contributed by atoms with van der Waals surface area (Å²) in [6.45, 7) is 3.65. The fraction of sp³-hybridized carbons (Fsp3) is 0.632. The molecule has 0 bridgehead atoms. The van der Waals surface area contributed by atoms with Crippen molar-refractivity contribution in [2.75, 3.05) is 26.4 Å². The van der Waals surface area contributed by atoms with Crippen molar-refractivity contribution in [3.63, 3.8) is 0 Å². The summed E-state index contributed by atoms with van der Waals surface area (Å²) in [4.78, 5) is 12.9. The van der Waals surface area contributed by atoms with E-state index in [1.807, 2.05) is 12.2 Å². The van der Waals surface area contributed by atoms with Crippen molar-refractivity contribution in [1.29, 1.82) is 0 Å². The van der Waals surface area contributed by atoms with Crippen LogP contribution in [0.25, 0.3) is 0 Å². The van der Waals surface area contributed by atoms with Crippen molar-refractivity contribution >= 4 is 16.4 Å². The first-order valence-electron chi connectivity index (χ1n) is 26.3. The van der Waals surface area contributed by atoms with Gasteiger partial charge < -0.3 is 34.3 Å². The van der Waals surface area contributed by atoms with Gasteiger partial charge in [-0.1, -0.05) is 193 Å². The number of hydrogen-bond acceptors (Lipinski definition) is 11. The van der Waals surface area contributed by atoms with Gasteiger partial charge in [-0.2, -0.15) is 8.42 Å². The Morgan fingerprint density at radius 1 is 0.543 bits per heavy atom. The Labute approximate surface area is 423 Å². The Kier molecular flexibility index (Phi) is 42.9. The molecule has 1 saturated heterocycles. The van der Waals surface area contributed by atoms with E-state index in [4.69, 9.17) is 18.9 Å².